The summed E-state index contributed by atoms with van der Waals surface area (Å²) in [6, 6.07) is 6.25. The zero-order chi connectivity index (χ0) is 10.7. The number of methoxy groups -OCH3 is 1. The Hall–Kier alpha value is -0.960. The quantitative estimate of drug-likeness (QED) is 0.740. The molecule has 1 aromatic heterocycles. The maximum Gasteiger partial charge on any atom is 0.214 e. The highest BCUT2D eigenvalue weighted by Gasteiger charge is 2.24. The van der Waals surface area contributed by atoms with Crippen molar-refractivity contribution in [2.75, 3.05) is 24.4 Å². The Labute approximate surface area is 95.0 Å². The van der Waals surface area contributed by atoms with Gasteiger partial charge >= 0.3 is 0 Å². The molecule has 2 rings (SSSR count). The monoisotopic (exact) mass is 226 g/mol. The smallest absolute Gasteiger partial charge is 0.214 e. The molecule has 82 valence electrons. The van der Waals surface area contributed by atoms with Crippen molar-refractivity contribution in [3.05, 3.63) is 18.2 Å². The van der Waals surface area contributed by atoms with E-state index < -0.39 is 0 Å². The van der Waals surface area contributed by atoms with Crippen LogP contribution in [-0.2, 0) is 0 Å². The Bertz CT molecular complexity index is 332. The van der Waals surface area contributed by atoms with Gasteiger partial charge in [-0.15, -0.1) is 11.6 Å². The molecule has 4 heteroatoms. The zero-order valence-electron chi connectivity index (χ0n) is 8.82. The normalized spacial score (nSPS) is 20.7. The van der Waals surface area contributed by atoms with Crippen molar-refractivity contribution in [1.82, 2.24) is 4.98 Å². The highest BCUT2D eigenvalue weighted by molar-refractivity contribution is 6.18. The van der Waals surface area contributed by atoms with Gasteiger partial charge in [0, 0.05) is 24.5 Å². The molecular formula is C11H15ClN2O. The Morgan fingerprint density at radius 1 is 1.60 bits per heavy atom. The van der Waals surface area contributed by atoms with Crippen LogP contribution in [0, 0.1) is 0 Å². The molecule has 1 aliphatic rings. The van der Waals surface area contributed by atoms with Gasteiger partial charge in [-0.1, -0.05) is 6.07 Å². The highest BCUT2D eigenvalue weighted by atomic mass is 35.5. The lowest BCUT2D eigenvalue weighted by Crippen LogP contribution is -2.31. The van der Waals surface area contributed by atoms with E-state index in [0.29, 0.717) is 17.8 Å². The van der Waals surface area contributed by atoms with Crippen LogP contribution in [0.3, 0.4) is 0 Å². The number of pyridine rings is 1. The van der Waals surface area contributed by atoms with Gasteiger partial charge < -0.3 is 9.64 Å². The molecule has 0 bridgehead atoms. The number of ether oxygens (including phenoxy) is 1. The Kier molecular flexibility index (Phi) is 3.31. The van der Waals surface area contributed by atoms with Crippen LogP contribution in [0.15, 0.2) is 18.2 Å². The van der Waals surface area contributed by atoms with Crippen LogP contribution < -0.4 is 9.64 Å². The van der Waals surface area contributed by atoms with E-state index in [0.717, 1.165) is 18.8 Å². The predicted octanol–water partition coefficient (Wildman–Crippen LogP) is 2.30. The third-order valence-electron chi connectivity index (χ3n) is 2.77. The number of halogens is 1. The molecule has 1 fully saturated rings. The van der Waals surface area contributed by atoms with Crippen LogP contribution in [0.4, 0.5) is 5.82 Å². The van der Waals surface area contributed by atoms with Crippen LogP contribution in [0.2, 0.25) is 0 Å². The number of hydrogen-bond acceptors (Lipinski definition) is 3. The zero-order valence-corrected chi connectivity index (χ0v) is 9.57. The van der Waals surface area contributed by atoms with E-state index in [1.807, 2.05) is 18.2 Å². The minimum absolute atomic E-state index is 0.422. The van der Waals surface area contributed by atoms with E-state index in [4.69, 9.17) is 16.3 Å². The molecule has 2 heterocycles. The van der Waals surface area contributed by atoms with Gasteiger partial charge in [-0.05, 0) is 18.9 Å². The maximum atomic E-state index is 5.93. The van der Waals surface area contributed by atoms with Gasteiger partial charge in [0.05, 0.1) is 7.11 Å². The van der Waals surface area contributed by atoms with Crippen molar-refractivity contribution in [2.45, 2.75) is 18.9 Å². The van der Waals surface area contributed by atoms with E-state index in [1.54, 1.807) is 7.11 Å². The number of alkyl halides is 1. The lowest BCUT2D eigenvalue weighted by molar-refractivity contribution is 0.398. The van der Waals surface area contributed by atoms with Crippen LogP contribution >= 0.6 is 11.6 Å². The molecule has 0 N–H and O–H groups in total. The number of nitrogens with zero attached hydrogens (tertiary/aromatic N) is 2. The van der Waals surface area contributed by atoms with Gasteiger partial charge in [0.1, 0.15) is 5.82 Å². The van der Waals surface area contributed by atoms with Gasteiger partial charge in [-0.2, -0.15) is 4.98 Å². The summed E-state index contributed by atoms with van der Waals surface area (Å²) in [5.41, 5.74) is 0. The van der Waals surface area contributed by atoms with Gasteiger partial charge in [0.25, 0.3) is 0 Å². The van der Waals surface area contributed by atoms with Crippen LogP contribution in [0.25, 0.3) is 0 Å². The maximum absolute atomic E-state index is 5.93. The van der Waals surface area contributed by atoms with Crippen molar-refractivity contribution in [1.29, 1.82) is 0 Å². The molecular weight excluding hydrogens is 212 g/mol. The van der Waals surface area contributed by atoms with Gasteiger partial charge in [0.15, 0.2) is 0 Å². The topological polar surface area (TPSA) is 25.4 Å². The summed E-state index contributed by atoms with van der Waals surface area (Å²) in [7, 11) is 1.63. The fraction of sp³-hybridized carbons (Fsp3) is 0.545. The van der Waals surface area contributed by atoms with Gasteiger partial charge in [0.2, 0.25) is 5.88 Å². The van der Waals surface area contributed by atoms with Crippen molar-refractivity contribution in [2.24, 2.45) is 0 Å². The molecule has 1 unspecified atom stereocenters. The van der Waals surface area contributed by atoms with Crippen LogP contribution in [-0.4, -0.2) is 30.6 Å². The average molecular weight is 227 g/mol. The number of anilines is 1. The predicted molar refractivity (Wildman–Crippen MR) is 61.9 cm³/mol. The molecule has 0 radical (unpaired) electrons. The fourth-order valence-electron chi connectivity index (χ4n) is 1.98. The Morgan fingerprint density at radius 3 is 3.20 bits per heavy atom. The van der Waals surface area contributed by atoms with Crippen molar-refractivity contribution in [3.8, 4) is 5.88 Å². The largest absolute Gasteiger partial charge is 0.481 e. The molecule has 1 aliphatic heterocycles. The Balaban J connectivity index is 2.20. The first kappa shape index (κ1) is 10.6. The van der Waals surface area contributed by atoms with Gasteiger partial charge in [-0.3, -0.25) is 0 Å². The molecule has 0 aromatic carbocycles. The molecule has 0 amide bonds. The summed E-state index contributed by atoms with van der Waals surface area (Å²) in [4.78, 5) is 6.68. The van der Waals surface area contributed by atoms with E-state index in [2.05, 4.69) is 9.88 Å². The molecule has 1 saturated heterocycles. The summed E-state index contributed by atoms with van der Waals surface area (Å²) < 4.78 is 5.11. The van der Waals surface area contributed by atoms with Crippen molar-refractivity contribution < 1.29 is 4.74 Å². The minimum Gasteiger partial charge on any atom is -0.481 e. The standard InChI is InChI=1S/C11H15ClN2O/c1-15-11-6-2-5-10(13-11)14-7-3-4-9(14)8-12/h2,5-6,9H,3-4,7-8H2,1H3. The van der Waals surface area contributed by atoms with E-state index in [-0.39, 0.29) is 0 Å². The van der Waals surface area contributed by atoms with E-state index >= 15 is 0 Å². The molecule has 15 heavy (non-hydrogen) atoms. The second-order valence-corrected chi connectivity index (χ2v) is 3.99. The van der Waals surface area contributed by atoms with Crippen molar-refractivity contribution in [3.63, 3.8) is 0 Å². The van der Waals surface area contributed by atoms with E-state index in [9.17, 15) is 0 Å². The second kappa shape index (κ2) is 4.71. The Morgan fingerprint density at radius 2 is 2.47 bits per heavy atom. The third-order valence-corrected chi connectivity index (χ3v) is 3.12. The molecule has 0 saturated carbocycles. The summed E-state index contributed by atoms with van der Waals surface area (Å²) in [6.07, 6.45) is 2.35. The first-order valence-corrected chi connectivity index (χ1v) is 5.72. The fourth-order valence-corrected chi connectivity index (χ4v) is 2.30. The van der Waals surface area contributed by atoms with E-state index in [1.165, 1.54) is 6.42 Å². The first-order chi connectivity index (χ1) is 7.35. The third kappa shape index (κ3) is 2.17. The number of rotatable bonds is 3. The summed E-state index contributed by atoms with van der Waals surface area (Å²) in [5.74, 6) is 2.30. The van der Waals surface area contributed by atoms with Crippen molar-refractivity contribution >= 4 is 17.4 Å². The second-order valence-electron chi connectivity index (χ2n) is 3.68. The van der Waals surface area contributed by atoms with Gasteiger partial charge in [-0.25, -0.2) is 0 Å². The lowest BCUT2D eigenvalue weighted by Gasteiger charge is -2.24. The summed E-state index contributed by atoms with van der Waals surface area (Å²) >= 11 is 5.93. The molecule has 3 nitrogen and oxygen atoms in total. The first-order valence-electron chi connectivity index (χ1n) is 5.19. The van der Waals surface area contributed by atoms with Crippen LogP contribution in [0.1, 0.15) is 12.8 Å². The number of hydrogen-bond donors (Lipinski definition) is 0. The minimum atomic E-state index is 0.422. The molecule has 0 aliphatic carbocycles. The average Bonchev–Trinajstić information content (AvgIpc) is 2.77. The summed E-state index contributed by atoms with van der Waals surface area (Å²) in [5, 5.41) is 0. The highest BCUT2D eigenvalue weighted by Crippen LogP contribution is 2.25. The molecule has 0 spiro atoms. The van der Waals surface area contributed by atoms with Crippen LogP contribution in [0.5, 0.6) is 5.88 Å². The lowest BCUT2D eigenvalue weighted by atomic mass is 10.2. The molecule has 1 atom stereocenters. The molecule has 1 aromatic rings. The SMILES string of the molecule is COc1cccc(N2CCCC2CCl)n1. The summed E-state index contributed by atoms with van der Waals surface area (Å²) in [6.45, 7) is 1.04. The number of aromatic nitrogens is 1.